The smallest absolute Gasteiger partial charge is 0.306 e. The molecule has 1 aliphatic rings. The first kappa shape index (κ1) is 11.9. The van der Waals surface area contributed by atoms with Crippen LogP contribution in [-0.4, -0.2) is 22.2 Å². The number of pyridine rings is 1. The number of fused-ring (bicyclic) bond motifs is 1. The summed E-state index contributed by atoms with van der Waals surface area (Å²) in [6, 6.07) is 1.74. The minimum atomic E-state index is -0.638. The maximum atomic E-state index is 11.7. The molecule has 0 saturated heterocycles. The highest BCUT2D eigenvalue weighted by atomic mass is 16.5. The number of nitrogens with one attached hydrogen (secondary N) is 1. The maximum Gasteiger partial charge on any atom is 0.306 e. The van der Waals surface area contributed by atoms with Gasteiger partial charge in [-0.1, -0.05) is 6.92 Å². The molecule has 5 heteroatoms. The normalized spacial score (nSPS) is 21.3. The highest BCUT2D eigenvalue weighted by Crippen LogP contribution is 2.30. The number of aliphatic hydroxyl groups is 1. The Kier molecular flexibility index (Phi) is 3.28. The van der Waals surface area contributed by atoms with Crippen LogP contribution in [0.3, 0.4) is 0 Å². The van der Waals surface area contributed by atoms with Crippen LogP contribution >= 0.6 is 0 Å². The number of ether oxygens (including phenoxy) is 1. The van der Waals surface area contributed by atoms with E-state index in [2.05, 4.69) is 4.98 Å². The van der Waals surface area contributed by atoms with Crippen LogP contribution in [0, 0.1) is 0 Å². The molecule has 17 heavy (non-hydrogen) atoms. The predicted molar refractivity (Wildman–Crippen MR) is 60.5 cm³/mol. The van der Waals surface area contributed by atoms with Crippen molar-refractivity contribution < 1.29 is 14.6 Å². The van der Waals surface area contributed by atoms with Crippen LogP contribution in [0.15, 0.2) is 17.1 Å². The average molecular weight is 237 g/mol. The summed E-state index contributed by atoms with van der Waals surface area (Å²) in [6.07, 6.45) is 1.54. The Morgan fingerprint density at radius 1 is 1.59 bits per heavy atom. The summed E-state index contributed by atoms with van der Waals surface area (Å²) in [6.45, 7) is 1.82. The van der Waals surface area contributed by atoms with Gasteiger partial charge in [-0.25, -0.2) is 0 Å². The predicted octanol–water partition coefficient (Wildman–Crippen LogP) is 0.676. The van der Waals surface area contributed by atoms with Crippen LogP contribution in [0.2, 0.25) is 0 Å². The molecule has 1 aromatic rings. The molecule has 2 atom stereocenters. The molecule has 0 amide bonds. The first-order chi connectivity index (χ1) is 8.13. The molecule has 2 rings (SSSR count). The number of aromatic nitrogens is 1. The number of cyclic esters (lactones) is 1. The highest BCUT2D eigenvalue weighted by Gasteiger charge is 2.29. The molecular formula is C12H15NO4. The van der Waals surface area contributed by atoms with E-state index in [-0.39, 0.29) is 30.5 Å². The number of hydrogen-bond donors (Lipinski definition) is 2. The van der Waals surface area contributed by atoms with Gasteiger partial charge in [0.05, 0.1) is 18.1 Å². The fourth-order valence-corrected chi connectivity index (χ4v) is 2.15. The van der Waals surface area contributed by atoms with Gasteiger partial charge in [-0.2, -0.15) is 0 Å². The molecule has 1 aromatic heterocycles. The SMILES string of the molecule is CCC(O)C1CC(=O)OCc2c1cc[nH]c2=O. The molecule has 2 N–H and O–H groups in total. The summed E-state index contributed by atoms with van der Waals surface area (Å²) in [5.41, 5.74) is 0.898. The molecule has 0 saturated carbocycles. The van der Waals surface area contributed by atoms with Gasteiger partial charge in [0.2, 0.25) is 0 Å². The number of aromatic amines is 1. The summed E-state index contributed by atoms with van der Waals surface area (Å²) in [5, 5.41) is 9.94. The van der Waals surface area contributed by atoms with Gasteiger partial charge in [0.25, 0.3) is 5.56 Å². The third-order valence-electron chi connectivity index (χ3n) is 3.15. The Hall–Kier alpha value is -1.62. The Balaban J connectivity index is 2.50. The van der Waals surface area contributed by atoms with Crippen LogP contribution in [0.5, 0.6) is 0 Å². The first-order valence-electron chi connectivity index (χ1n) is 5.67. The second-order valence-electron chi connectivity index (χ2n) is 4.19. The molecule has 0 aromatic carbocycles. The van der Waals surface area contributed by atoms with Crippen molar-refractivity contribution in [3.63, 3.8) is 0 Å². The third kappa shape index (κ3) is 2.24. The van der Waals surface area contributed by atoms with Crippen molar-refractivity contribution in [3.05, 3.63) is 33.7 Å². The number of esters is 1. The molecule has 92 valence electrons. The zero-order valence-electron chi connectivity index (χ0n) is 9.60. The Morgan fingerprint density at radius 2 is 2.35 bits per heavy atom. The number of carbonyl (C=O) groups is 1. The summed E-state index contributed by atoms with van der Waals surface area (Å²) >= 11 is 0. The van der Waals surface area contributed by atoms with Gasteiger partial charge in [-0.05, 0) is 18.1 Å². The first-order valence-corrected chi connectivity index (χ1v) is 5.67. The van der Waals surface area contributed by atoms with E-state index in [9.17, 15) is 14.7 Å². The van der Waals surface area contributed by atoms with E-state index in [1.54, 1.807) is 6.07 Å². The standard InChI is InChI=1S/C12H15NO4/c1-2-10(14)8-5-11(15)17-6-9-7(8)3-4-13-12(9)16/h3-4,8,10,14H,2,5-6H2,1H3,(H,13,16). The lowest BCUT2D eigenvalue weighted by molar-refractivity contribution is -0.145. The largest absolute Gasteiger partial charge is 0.461 e. The summed E-state index contributed by atoms with van der Waals surface area (Å²) in [7, 11) is 0. The number of hydrogen-bond acceptors (Lipinski definition) is 4. The van der Waals surface area contributed by atoms with Gasteiger partial charge in [0, 0.05) is 12.1 Å². The lowest BCUT2D eigenvalue weighted by Gasteiger charge is -2.20. The third-order valence-corrected chi connectivity index (χ3v) is 3.15. The van der Waals surface area contributed by atoms with E-state index < -0.39 is 6.10 Å². The van der Waals surface area contributed by atoms with E-state index in [1.165, 1.54) is 6.20 Å². The van der Waals surface area contributed by atoms with E-state index >= 15 is 0 Å². The number of rotatable bonds is 2. The van der Waals surface area contributed by atoms with Crippen molar-refractivity contribution in [2.75, 3.05) is 0 Å². The molecule has 2 heterocycles. The van der Waals surface area contributed by atoms with Crippen molar-refractivity contribution in [2.24, 2.45) is 0 Å². The van der Waals surface area contributed by atoms with Gasteiger partial charge in [0.1, 0.15) is 6.61 Å². The summed E-state index contributed by atoms with van der Waals surface area (Å²) < 4.78 is 4.97. The van der Waals surface area contributed by atoms with E-state index in [1.807, 2.05) is 6.92 Å². The zero-order valence-corrected chi connectivity index (χ0v) is 9.60. The van der Waals surface area contributed by atoms with Gasteiger partial charge in [0.15, 0.2) is 0 Å². The second-order valence-corrected chi connectivity index (χ2v) is 4.19. The second kappa shape index (κ2) is 4.71. The molecule has 0 fully saturated rings. The lowest BCUT2D eigenvalue weighted by atomic mass is 9.87. The topological polar surface area (TPSA) is 79.4 Å². The van der Waals surface area contributed by atoms with Crippen LogP contribution < -0.4 is 5.56 Å². The van der Waals surface area contributed by atoms with Crippen LogP contribution in [0.25, 0.3) is 0 Å². The Morgan fingerprint density at radius 3 is 3.06 bits per heavy atom. The molecule has 0 bridgehead atoms. The summed E-state index contributed by atoms with van der Waals surface area (Å²) in [4.78, 5) is 25.7. The van der Waals surface area contributed by atoms with Crippen molar-refractivity contribution in [1.29, 1.82) is 0 Å². The molecular weight excluding hydrogens is 222 g/mol. The molecule has 0 radical (unpaired) electrons. The fraction of sp³-hybridized carbons (Fsp3) is 0.500. The zero-order chi connectivity index (χ0) is 12.4. The van der Waals surface area contributed by atoms with Crippen molar-refractivity contribution >= 4 is 5.97 Å². The molecule has 0 aliphatic carbocycles. The number of H-pyrrole nitrogens is 1. The molecule has 1 aliphatic heterocycles. The van der Waals surface area contributed by atoms with Gasteiger partial charge < -0.3 is 14.8 Å². The monoisotopic (exact) mass is 237 g/mol. The van der Waals surface area contributed by atoms with Crippen LogP contribution in [-0.2, 0) is 16.1 Å². The quantitative estimate of drug-likeness (QED) is 0.741. The minimum Gasteiger partial charge on any atom is -0.461 e. The Labute approximate surface area is 98.4 Å². The molecule has 5 nitrogen and oxygen atoms in total. The van der Waals surface area contributed by atoms with Crippen molar-refractivity contribution in [2.45, 2.75) is 38.4 Å². The molecule has 0 spiro atoms. The van der Waals surface area contributed by atoms with E-state index in [0.717, 1.165) is 0 Å². The number of aliphatic hydroxyl groups excluding tert-OH is 1. The van der Waals surface area contributed by atoms with Gasteiger partial charge in [-0.3, -0.25) is 9.59 Å². The fourth-order valence-electron chi connectivity index (χ4n) is 2.15. The number of carbonyl (C=O) groups excluding carboxylic acids is 1. The lowest BCUT2D eigenvalue weighted by Crippen LogP contribution is -2.22. The summed E-state index contributed by atoms with van der Waals surface area (Å²) in [5.74, 6) is -0.731. The molecule has 2 unspecified atom stereocenters. The maximum absolute atomic E-state index is 11.7. The average Bonchev–Trinajstić information content (AvgIpc) is 2.49. The van der Waals surface area contributed by atoms with Gasteiger partial charge >= 0.3 is 5.97 Å². The van der Waals surface area contributed by atoms with E-state index in [4.69, 9.17) is 4.74 Å². The van der Waals surface area contributed by atoms with E-state index in [0.29, 0.717) is 17.5 Å². The van der Waals surface area contributed by atoms with Crippen LogP contribution in [0.4, 0.5) is 0 Å². The Bertz CT molecular complexity index is 480. The van der Waals surface area contributed by atoms with Crippen molar-refractivity contribution in [3.8, 4) is 0 Å². The highest BCUT2D eigenvalue weighted by molar-refractivity contribution is 5.71. The van der Waals surface area contributed by atoms with Crippen LogP contribution in [0.1, 0.15) is 36.8 Å². The minimum absolute atomic E-state index is 0.0166. The van der Waals surface area contributed by atoms with Gasteiger partial charge in [-0.15, -0.1) is 0 Å². The van der Waals surface area contributed by atoms with Crippen molar-refractivity contribution in [1.82, 2.24) is 4.98 Å².